The summed E-state index contributed by atoms with van der Waals surface area (Å²) in [7, 11) is 0. The first-order valence-electron chi connectivity index (χ1n) is 13.2. The number of aliphatic hydroxyl groups is 1. The predicted octanol–water partition coefficient (Wildman–Crippen LogP) is 3.34. The molecule has 38 heavy (non-hydrogen) atoms. The number of hydrogen-bond acceptors (Lipinski definition) is 8. The van der Waals surface area contributed by atoms with Gasteiger partial charge in [0.05, 0.1) is 24.9 Å². The van der Waals surface area contributed by atoms with Gasteiger partial charge in [0.2, 0.25) is 0 Å². The fourth-order valence-electron chi connectivity index (χ4n) is 4.70. The van der Waals surface area contributed by atoms with E-state index in [1.54, 1.807) is 17.0 Å². The third-order valence-electron chi connectivity index (χ3n) is 6.39. The molecule has 2 aliphatic rings. The molecule has 0 saturated carbocycles. The van der Waals surface area contributed by atoms with Crippen LogP contribution in [0.1, 0.15) is 51.4 Å². The number of rotatable bonds is 6. The number of urea groups is 1. The second-order valence-corrected chi connectivity index (χ2v) is 10.3. The zero-order valence-electron chi connectivity index (χ0n) is 22.6. The van der Waals surface area contributed by atoms with Crippen LogP contribution in [0.2, 0.25) is 0 Å². The van der Waals surface area contributed by atoms with Gasteiger partial charge in [0.1, 0.15) is 11.4 Å². The highest BCUT2D eigenvalue weighted by Gasteiger charge is 2.37. The third-order valence-corrected chi connectivity index (χ3v) is 6.39. The van der Waals surface area contributed by atoms with E-state index in [2.05, 4.69) is 15.5 Å². The van der Waals surface area contributed by atoms with Crippen LogP contribution in [0.4, 0.5) is 21.1 Å². The molecule has 0 radical (unpaired) electrons. The summed E-state index contributed by atoms with van der Waals surface area (Å²) in [6, 6.07) is 6.62. The van der Waals surface area contributed by atoms with Crippen LogP contribution in [-0.2, 0) is 15.9 Å². The third kappa shape index (κ3) is 6.51. The molecule has 3 heterocycles. The average Bonchev–Trinajstić information content (AvgIpc) is 2.88. The van der Waals surface area contributed by atoms with Crippen LogP contribution in [-0.4, -0.2) is 83.7 Å². The summed E-state index contributed by atoms with van der Waals surface area (Å²) in [5.41, 5.74) is 2.51. The van der Waals surface area contributed by atoms with E-state index in [1.165, 1.54) is 0 Å². The Labute approximate surface area is 223 Å². The molecule has 1 unspecified atom stereocenters. The molecule has 0 aliphatic carbocycles. The van der Waals surface area contributed by atoms with Crippen molar-refractivity contribution in [3.8, 4) is 11.4 Å². The Morgan fingerprint density at radius 1 is 1.13 bits per heavy atom. The van der Waals surface area contributed by atoms with Crippen molar-refractivity contribution in [3.63, 3.8) is 0 Å². The van der Waals surface area contributed by atoms with Crippen LogP contribution < -0.4 is 15.5 Å². The number of ether oxygens (including phenoxy) is 2. The van der Waals surface area contributed by atoms with Crippen molar-refractivity contribution in [1.29, 1.82) is 0 Å². The predicted molar refractivity (Wildman–Crippen MR) is 144 cm³/mol. The number of aromatic nitrogens is 2. The van der Waals surface area contributed by atoms with Crippen LogP contribution in [0.25, 0.3) is 11.4 Å². The molecule has 3 amide bonds. The van der Waals surface area contributed by atoms with E-state index in [9.17, 15) is 14.7 Å². The molecule has 3 N–H and O–H groups in total. The molecule has 1 saturated heterocycles. The lowest BCUT2D eigenvalue weighted by molar-refractivity contribution is 0.0110. The van der Waals surface area contributed by atoms with E-state index < -0.39 is 17.7 Å². The molecule has 4 rings (SSSR count). The number of aliphatic hydroxyl groups excluding tert-OH is 1. The van der Waals surface area contributed by atoms with Gasteiger partial charge in [-0.3, -0.25) is 4.90 Å². The topological polar surface area (TPSA) is 129 Å². The fourth-order valence-corrected chi connectivity index (χ4v) is 4.70. The molecule has 2 aliphatic heterocycles. The second-order valence-electron chi connectivity index (χ2n) is 10.3. The molecule has 2 aromatic rings. The van der Waals surface area contributed by atoms with Crippen molar-refractivity contribution in [1.82, 2.24) is 20.2 Å². The van der Waals surface area contributed by atoms with Crippen LogP contribution in [0.5, 0.6) is 0 Å². The highest BCUT2D eigenvalue weighted by molar-refractivity contribution is 5.89. The Morgan fingerprint density at radius 2 is 1.84 bits per heavy atom. The molecule has 0 spiro atoms. The molecule has 0 bridgehead atoms. The van der Waals surface area contributed by atoms with Crippen molar-refractivity contribution in [2.45, 2.75) is 52.2 Å². The zero-order valence-corrected chi connectivity index (χ0v) is 22.6. The van der Waals surface area contributed by atoms with Crippen molar-refractivity contribution in [3.05, 3.63) is 35.5 Å². The number of nitrogens with zero attached hydrogens (tertiary/aromatic N) is 4. The number of amides is 3. The van der Waals surface area contributed by atoms with Crippen molar-refractivity contribution < 1.29 is 24.2 Å². The molecule has 1 aromatic heterocycles. The summed E-state index contributed by atoms with van der Waals surface area (Å²) in [5.74, 6) is 1.35. The summed E-state index contributed by atoms with van der Waals surface area (Å²) in [5, 5.41) is 15.4. The van der Waals surface area contributed by atoms with Gasteiger partial charge in [-0.1, -0.05) is 0 Å². The van der Waals surface area contributed by atoms with Gasteiger partial charge in [-0.25, -0.2) is 19.6 Å². The lowest BCUT2D eigenvalue weighted by Crippen LogP contribution is -2.45. The number of fused-ring (bicyclic) bond motifs is 1. The molecule has 11 nitrogen and oxygen atoms in total. The maximum Gasteiger partial charge on any atom is 0.410 e. The lowest BCUT2D eigenvalue weighted by Gasteiger charge is -2.39. The fraction of sp³-hybridized carbons (Fsp3) is 0.556. The first kappa shape index (κ1) is 27.6. The minimum Gasteiger partial charge on any atom is -0.444 e. The van der Waals surface area contributed by atoms with Crippen LogP contribution in [0.3, 0.4) is 0 Å². The van der Waals surface area contributed by atoms with Gasteiger partial charge in [0.25, 0.3) is 0 Å². The maximum atomic E-state index is 13.1. The van der Waals surface area contributed by atoms with E-state index in [-0.39, 0.29) is 12.6 Å². The standard InChI is InChI=1S/C27H38N6O5/c1-5-28-25(35)29-19-8-6-18(7-9-19)23-30-22-20(24(31-23)32-13-16-37-17-14-32)10-12-33(21(22)11-15-34)26(36)38-27(2,3)4/h6-9,21,34H,5,10-17H2,1-4H3,(H2,28,29,35). The highest BCUT2D eigenvalue weighted by Crippen LogP contribution is 2.38. The molecular formula is C27H38N6O5. The summed E-state index contributed by atoms with van der Waals surface area (Å²) in [6.45, 7) is 10.9. The van der Waals surface area contributed by atoms with E-state index in [0.717, 1.165) is 22.6 Å². The van der Waals surface area contributed by atoms with E-state index in [0.29, 0.717) is 63.7 Å². The first-order chi connectivity index (χ1) is 18.2. The summed E-state index contributed by atoms with van der Waals surface area (Å²) in [4.78, 5) is 38.8. The van der Waals surface area contributed by atoms with Gasteiger partial charge in [-0.05, 0) is 64.8 Å². The van der Waals surface area contributed by atoms with Crippen molar-refractivity contribution in [2.75, 3.05) is 56.2 Å². The van der Waals surface area contributed by atoms with Gasteiger partial charge in [0.15, 0.2) is 5.82 Å². The molecule has 11 heteroatoms. The van der Waals surface area contributed by atoms with Crippen LogP contribution in [0, 0.1) is 0 Å². The second kappa shape index (κ2) is 12.0. The molecule has 1 atom stereocenters. The molecule has 1 aromatic carbocycles. The lowest BCUT2D eigenvalue weighted by atomic mass is 9.95. The molecular weight excluding hydrogens is 488 g/mol. The highest BCUT2D eigenvalue weighted by atomic mass is 16.6. The SMILES string of the molecule is CCNC(=O)Nc1ccc(-c2nc3c(c(N4CCOCC4)n2)CCN(C(=O)OC(C)(C)C)C3CCO)cc1. The maximum absolute atomic E-state index is 13.1. The number of nitrogens with one attached hydrogen (secondary N) is 2. The van der Waals surface area contributed by atoms with Gasteiger partial charge in [-0.2, -0.15) is 0 Å². The van der Waals surface area contributed by atoms with Crippen molar-refractivity contribution >= 4 is 23.6 Å². The molecule has 206 valence electrons. The Bertz CT molecular complexity index is 1130. The Kier molecular flexibility index (Phi) is 8.68. The number of carbonyl (C=O) groups is 2. The minimum absolute atomic E-state index is 0.101. The van der Waals surface area contributed by atoms with Crippen LogP contribution >= 0.6 is 0 Å². The van der Waals surface area contributed by atoms with Gasteiger partial charge in [0, 0.05) is 49.6 Å². The Hall–Kier alpha value is -3.44. The largest absolute Gasteiger partial charge is 0.444 e. The van der Waals surface area contributed by atoms with E-state index in [4.69, 9.17) is 19.4 Å². The van der Waals surface area contributed by atoms with Gasteiger partial charge >= 0.3 is 12.1 Å². The summed E-state index contributed by atoms with van der Waals surface area (Å²) in [6.07, 6.45) is 0.495. The monoisotopic (exact) mass is 526 g/mol. The summed E-state index contributed by atoms with van der Waals surface area (Å²) < 4.78 is 11.3. The quantitative estimate of drug-likeness (QED) is 0.523. The van der Waals surface area contributed by atoms with Crippen molar-refractivity contribution in [2.24, 2.45) is 0 Å². The van der Waals surface area contributed by atoms with Gasteiger partial charge in [-0.15, -0.1) is 0 Å². The zero-order chi connectivity index (χ0) is 27.3. The Morgan fingerprint density at radius 3 is 2.47 bits per heavy atom. The van der Waals surface area contributed by atoms with Crippen LogP contribution in [0.15, 0.2) is 24.3 Å². The minimum atomic E-state index is -0.638. The number of carbonyl (C=O) groups excluding carboxylic acids is 2. The number of benzene rings is 1. The summed E-state index contributed by atoms with van der Waals surface area (Å²) >= 11 is 0. The number of morpholine rings is 1. The smallest absolute Gasteiger partial charge is 0.410 e. The average molecular weight is 527 g/mol. The molecule has 1 fully saturated rings. The van der Waals surface area contributed by atoms with Gasteiger partial charge < -0.3 is 30.1 Å². The Balaban J connectivity index is 1.74. The number of hydrogen-bond donors (Lipinski definition) is 3. The number of anilines is 2. The van der Waals surface area contributed by atoms with E-state index in [1.807, 2.05) is 39.8 Å². The normalized spacial score (nSPS) is 17.6. The first-order valence-corrected chi connectivity index (χ1v) is 13.2. The van der Waals surface area contributed by atoms with E-state index >= 15 is 0 Å².